The molecular weight excluding hydrogens is 561 g/mol. The molecule has 0 aliphatic carbocycles. The Hall–Kier alpha value is -2.64. The zero-order chi connectivity index (χ0) is 23.5. The van der Waals surface area contributed by atoms with Crippen molar-refractivity contribution >= 4 is 68.7 Å². The Labute approximate surface area is 209 Å². The molecule has 0 spiro atoms. The number of benzene rings is 1. The van der Waals surface area contributed by atoms with Crippen LogP contribution in [0, 0.1) is 0 Å². The quantitative estimate of drug-likeness (QED) is 0.426. The molecule has 174 valence electrons. The van der Waals surface area contributed by atoms with E-state index >= 15 is 0 Å². The van der Waals surface area contributed by atoms with Crippen LogP contribution in [-0.2, 0) is 4.79 Å². The van der Waals surface area contributed by atoms with E-state index in [-0.39, 0.29) is 23.8 Å². The number of hydrogen-bond donors (Lipinski definition) is 2. The molecule has 0 atom stereocenters. The maximum absolute atomic E-state index is 12.6. The van der Waals surface area contributed by atoms with Gasteiger partial charge in [0.15, 0.2) is 18.2 Å². The maximum atomic E-state index is 12.6. The summed E-state index contributed by atoms with van der Waals surface area (Å²) in [5.74, 6) is 0.898. The van der Waals surface area contributed by atoms with Crippen LogP contribution < -0.4 is 25.8 Å². The van der Waals surface area contributed by atoms with Crippen LogP contribution in [0.5, 0.6) is 5.75 Å². The zero-order valence-electron chi connectivity index (χ0n) is 18.1. The first-order valence-electron chi connectivity index (χ1n) is 10.3. The molecule has 0 bridgehead atoms. The number of rotatable bonds is 6. The average molecular weight is 584 g/mol. The second kappa shape index (κ2) is 10.1. The number of ether oxygens (including phenoxy) is 1. The third kappa shape index (κ3) is 5.31. The van der Waals surface area contributed by atoms with Gasteiger partial charge in [-0.05, 0) is 31.3 Å². The fraction of sp³-hybridized carbons (Fsp3) is 0.333. The fourth-order valence-electron chi connectivity index (χ4n) is 3.40. The molecule has 1 aliphatic rings. The molecule has 4 rings (SSSR count). The van der Waals surface area contributed by atoms with Gasteiger partial charge in [0, 0.05) is 44.3 Å². The number of hydrogen-bond acceptors (Lipinski definition) is 8. The molecule has 2 N–H and O–H groups in total. The molecule has 1 fully saturated rings. The first kappa shape index (κ1) is 23.5. The Morgan fingerprint density at radius 3 is 2.73 bits per heavy atom. The summed E-state index contributed by atoms with van der Waals surface area (Å²) in [6, 6.07) is 7.16. The van der Waals surface area contributed by atoms with Crippen molar-refractivity contribution in [3.8, 4) is 5.75 Å². The van der Waals surface area contributed by atoms with E-state index < -0.39 is 0 Å². The minimum Gasteiger partial charge on any atom is -0.478 e. The summed E-state index contributed by atoms with van der Waals surface area (Å²) in [4.78, 5) is 37.5. The molecule has 0 unspecified atom stereocenters. The lowest BCUT2D eigenvalue weighted by Gasteiger charge is -2.32. The Morgan fingerprint density at radius 2 is 2.00 bits per heavy atom. The molecular formula is C21H23ClIN7O3. The largest absolute Gasteiger partial charge is 0.478 e. The van der Waals surface area contributed by atoms with Crippen molar-refractivity contribution in [2.75, 3.05) is 57.1 Å². The molecule has 3 aromatic rings. The van der Waals surface area contributed by atoms with Crippen LogP contribution in [0.2, 0.25) is 5.02 Å². The lowest BCUT2D eigenvalue weighted by atomic mass is 10.2. The van der Waals surface area contributed by atoms with E-state index in [0.29, 0.717) is 22.3 Å². The third-order valence-corrected chi connectivity index (χ3v) is 6.57. The van der Waals surface area contributed by atoms with Crippen molar-refractivity contribution in [3.05, 3.63) is 45.8 Å². The van der Waals surface area contributed by atoms with Gasteiger partial charge in [-0.2, -0.15) is 4.98 Å². The highest BCUT2D eigenvalue weighted by atomic mass is 127. The number of likely N-dealkylation sites (N-methyl/N-ethyl adjacent to an activating group) is 2. The van der Waals surface area contributed by atoms with Crippen LogP contribution in [0.15, 0.2) is 35.3 Å². The zero-order valence-corrected chi connectivity index (χ0v) is 21.1. The monoisotopic (exact) mass is 583 g/mol. The summed E-state index contributed by atoms with van der Waals surface area (Å²) in [5.41, 5.74) is 1.12. The Bertz CT molecular complexity index is 1240. The highest BCUT2D eigenvalue weighted by molar-refractivity contribution is 14.1. The van der Waals surface area contributed by atoms with E-state index in [1.807, 2.05) is 41.1 Å². The van der Waals surface area contributed by atoms with Gasteiger partial charge in [0.05, 0.1) is 34.6 Å². The number of pyridine rings is 1. The van der Waals surface area contributed by atoms with Gasteiger partial charge < -0.3 is 25.2 Å². The van der Waals surface area contributed by atoms with Crippen LogP contribution in [0.4, 0.5) is 17.5 Å². The number of aromatic nitrogens is 3. The van der Waals surface area contributed by atoms with Crippen LogP contribution in [0.1, 0.15) is 0 Å². The van der Waals surface area contributed by atoms with E-state index in [4.69, 9.17) is 16.3 Å². The standard InChI is InChI=1S/C21H23ClIN7O3/c1-24-18(31)12-33-17-10-13-9-14(3-4-16(13)30(23)20(17)32)26-19-15(22)11-25-21(27-19)29-7-5-28(2)6-8-29/h3-4,9-11H,5-8,12H2,1-2H3,(H,24,31)(H,25,26,27). The van der Waals surface area contributed by atoms with Crippen molar-refractivity contribution in [2.24, 2.45) is 0 Å². The van der Waals surface area contributed by atoms with Crippen molar-refractivity contribution in [1.82, 2.24) is 23.0 Å². The number of amides is 1. The van der Waals surface area contributed by atoms with E-state index in [1.54, 1.807) is 12.3 Å². The van der Waals surface area contributed by atoms with Crippen molar-refractivity contribution in [2.45, 2.75) is 0 Å². The summed E-state index contributed by atoms with van der Waals surface area (Å²) < 4.78 is 6.88. The number of nitrogens with zero attached hydrogens (tertiary/aromatic N) is 5. The molecule has 3 heterocycles. The van der Waals surface area contributed by atoms with Crippen molar-refractivity contribution in [3.63, 3.8) is 0 Å². The maximum Gasteiger partial charge on any atom is 0.302 e. The highest BCUT2D eigenvalue weighted by Crippen LogP contribution is 2.28. The van der Waals surface area contributed by atoms with Gasteiger partial charge in [-0.1, -0.05) is 11.6 Å². The van der Waals surface area contributed by atoms with E-state index in [0.717, 1.165) is 37.3 Å². The number of carbonyl (C=O) groups is 1. The van der Waals surface area contributed by atoms with Gasteiger partial charge in [-0.3, -0.25) is 9.59 Å². The van der Waals surface area contributed by atoms with E-state index in [9.17, 15) is 9.59 Å². The van der Waals surface area contributed by atoms with Crippen LogP contribution in [0.25, 0.3) is 10.9 Å². The lowest BCUT2D eigenvalue weighted by Crippen LogP contribution is -2.45. The van der Waals surface area contributed by atoms with Crippen molar-refractivity contribution < 1.29 is 9.53 Å². The normalized spacial score (nSPS) is 14.4. The van der Waals surface area contributed by atoms with Gasteiger partial charge in [0.1, 0.15) is 5.02 Å². The van der Waals surface area contributed by atoms with Gasteiger partial charge in [-0.15, -0.1) is 0 Å². The molecule has 1 aliphatic heterocycles. The number of anilines is 3. The second-order valence-corrected chi connectivity index (χ2v) is 8.98. The van der Waals surface area contributed by atoms with Gasteiger partial charge in [0.25, 0.3) is 5.91 Å². The topological polar surface area (TPSA) is 105 Å². The van der Waals surface area contributed by atoms with Crippen LogP contribution >= 0.6 is 34.5 Å². The number of halogens is 2. The van der Waals surface area contributed by atoms with Crippen molar-refractivity contribution in [1.29, 1.82) is 0 Å². The SMILES string of the molecule is CNC(=O)COc1cc2cc(Nc3nc(N4CCN(C)CC4)ncc3Cl)ccc2n(I)c1=O. The first-order valence-corrected chi connectivity index (χ1v) is 11.6. The summed E-state index contributed by atoms with van der Waals surface area (Å²) in [6.45, 7) is 3.35. The Kier molecular flexibility index (Phi) is 7.20. The Morgan fingerprint density at radius 1 is 1.24 bits per heavy atom. The average Bonchev–Trinajstić information content (AvgIpc) is 2.82. The molecule has 1 aromatic carbocycles. The first-order chi connectivity index (χ1) is 15.9. The van der Waals surface area contributed by atoms with Crippen LogP contribution in [0.3, 0.4) is 0 Å². The number of carbonyl (C=O) groups excluding carboxylic acids is 1. The highest BCUT2D eigenvalue weighted by Gasteiger charge is 2.18. The molecule has 0 saturated carbocycles. The molecule has 33 heavy (non-hydrogen) atoms. The smallest absolute Gasteiger partial charge is 0.302 e. The summed E-state index contributed by atoms with van der Waals surface area (Å²) in [5, 5.41) is 6.87. The van der Waals surface area contributed by atoms with Gasteiger partial charge in [-0.25, -0.2) is 7.76 Å². The number of piperazine rings is 1. The molecule has 2 aromatic heterocycles. The molecule has 1 saturated heterocycles. The summed E-state index contributed by atoms with van der Waals surface area (Å²) in [7, 11) is 3.60. The fourth-order valence-corrected chi connectivity index (χ4v) is 4.21. The van der Waals surface area contributed by atoms with Crippen LogP contribution in [-0.4, -0.2) is 70.4 Å². The molecule has 0 radical (unpaired) electrons. The molecule has 10 nitrogen and oxygen atoms in total. The minimum absolute atomic E-state index is 0.0927. The van der Waals surface area contributed by atoms with Gasteiger partial charge >= 0.3 is 5.56 Å². The van der Waals surface area contributed by atoms with E-state index in [1.165, 1.54) is 9.83 Å². The summed E-state index contributed by atoms with van der Waals surface area (Å²) in [6.07, 6.45) is 1.60. The predicted molar refractivity (Wildman–Crippen MR) is 137 cm³/mol. The molecule has 1 amide bonds. The lowest BCUT2D eigenvalue weighted by molar-refractivity contribution is -0.122. The summed E-state index contributed by atoms with van der Waals surface area (Å²) >= 11 is 8.28. The second-order valence-electron chi connectivity index (χ2n) is 7.61. The third-order valence-electron chi connectivity index (χ3n) is 5.33. The minimum atomic E-state index is -0.330. The Balaban J connectivity index is 1.61. The number of nitrogens with one attached hydrogen (secondary N) is 2. The predicted octanol–water partition coefficient (Wildman–Crippen LogP) is 2.26. The molecule has 12 heteroatoms. The van der Waals surface area contributed by atoms with E-state index in [2.05, 4.69) is 37.4 Å². The number of fused-ring (bicyclic) bond motifs is 1. The van der Waals surface area contributed by atoms with Gasteiger partial charge in [0.2, 0.25) is 5.95 Å².